The third kappa shape index (κ3) is 2.26. The molecule has 2 N–H and O–H groups in total. The van der Waals surface area contributed by atoms with Crippen molar-refractivity contribution in [1.29, 1.82) is 0 Å². The average molecular weight is 265 g/mol. The van der Waals surface area contributed by atoms with Crippen LogP contribution in [-0.2, 0) is 6.54 Å². The smallest absolute Gasteiger partial charge is 0.0914 e. The maximum absolute atomic E-state index is 6.28. The van der Waals surface area contributed by atoms with Gasteiger partial charge in [-0.1, -0.05) is 17.7 Å². The van der Waals surface area contributed by atoms with Gasteiger partial charge in [-0.3, -0.25) is 9.67 Å². The van der Waals surface area contributed by atoms with Gasteiger partial charge in [0, 0.05) is 12.7 Å². The lowest BCUT2D eigenvalue weighted by Crippen LogP contribution is -2.20. The molecule has 0 aromatic carbocycles. The lowest BCUT2D eigenvalue weighted by atomic mass is 10.0. The highest BCUT2D eigenvalue weighted by molar-refractivity contribution is 6.31. The molecule has 0 saturated carbocycles. The summed E-state index contributed by atoms with van der Waals surface area (Å²) < 4.78 is 1.81. The second kappa shape index (κ2) is 5.08. The van der Waals surface area contributed by atoms with Crippen LogP contribution in [0.4, 0.5) is 0 Å². The summed E-state index contributed by atoms with van der Waals surface area (Å²) in [5, 5.41) is 4.79. The van der Waals surface area contributed by atoms with Gasteiger partial charge in [-0.2, -0.15) is 5.10 Å². The van der Waals surface area contributed by atoms with Gasteiger partial charge in [-0.25, -0.2) is 0 Å². The van der Waals surface area contributed by atoms with Gasteiger partial charge in [0.05, 0.1) is 28.6 Å². The van der Waals surface area contributed by atoms with Gasteiger partial charge in [0.1, 0.15) is 0 Å². The minimum absolute atomic E-state index is 0.347. The van der Waals surface area contributed by atoms with Crippen molar-refractivity contribution in [3.63, 3.8) is 0 Å². The second-order valence-corrected chi connectivity index (χ2v) is 4.79. The maximum atomic E-state index is 6.28. The fourth-order valence-corrected chi connectivity index (χ4v) is 2.37. The molecule has 1 unspecified atom stereocenters. The zero-order chi connectivity index (χ0) is 13.3. The number of halogens is 1. The molecule has 0 aliphatic carbocycles. The minimum Gasteiger partial charge on any atom is -0.318 e. The van der Waals surface area contributed by atoms with Crippen molar-refractivity contribution >= 4 is 11.6 Å². The molecule has 0 bridgehead atoms. The summed E-state index contributed by atoms with van der Waals surface area (Å²) in [7, 11) is 0. The van der Waals surface area contributed by atoms with Crippen LogP contribution in [0.25, 0.3) is 0 Å². The predicted octanol–water partition coefficient (Wildman–Crippen LogP) is 2.62. The highest BCUT2D eigenvalue weighted by Gasteiger charge is 2.20. The van der Waals surface area contributed by atoms with Crippen LogP contribution in [-0.4, -0.2) is 14.8 Å². The molecule has 0 aliphatic heterocycles. The summed E-state index contributed by atoms with van der Waals surface area (Å²) in [4.78, 5) is 4.43. The molecular weight excluding hydrogens is 248 g/mol. The van der Waals surface area contributed by atoms with Gasteiger partial charge in [0.25, 0.3) is 0 Å². The van der Waals surface area contributed by atoms with Crippen molar-refractivity contribution in [2.24, 2.45) is 5.73 Å². The molecule has 0 radical (unpaired) electrons. The molecule has 0 fully saturated rings. The fourth-order valence-electron chi connectivity index (χ4n) is 2.11. The van der Waals surface area contributed by atoms with Crippen LogP contribution in [0.5, 0.6) is 0 Å². The molecule has 0 spiro atoms. The summed E-state index contributed by atoms with van der Waals surface area (Å²) in [6, 6.07) is 1.73. The van der Waals surface area contributed by atoms with Gasteiger partial charge in [0.2, 0.25) is 0 Å². The minimum atomic E-state index is -0.347. The van der Waals surface area contributed by atoms with Crippen molar-refractivity contribution < 1.29 is 0 Å². The van der Waals surface area contributed by atoms with E-state index in [1.807, 2.05) is 31.6 Å². The standard InChI is InChI=1S/C13H17ClN4/c1-4-18-13(10(14)7-17-18)11(15)12-9(3)5-8(2)6-16-12/h5-7,11H,4,15H2,1-3H3. The Bertz CT molecular complexity index is 562. The van der Waals surface area contributed by atoms with E-state index < -0.39 is 0 Å². The molecule has 2 rings (SSSR count). The van der Waals surface area contributed by atoms with Crippen LogP contribution in [0.3, 0.4) is 0 Å². The molecule has 96 valence electrons. The Morgan fingerprint density at radius 3 is 2.72 bits per heavy atom. The number of nitrogens with zero attached hydrogens (tertiary/aromatic N) is 3. The normalized spacial score (nSPS) is 12.7. The highest BCUT2D eigenvalue weighted by Crippen LogP contribution is 2.27. The van der Waals surface area contributed by atoms with Crippen LogP contribution in [0.15, 0.2) is 18.5 Å². The lowest BCUT2D eigenvalue weighted by Gasteiger charge is -2.16. The summed E-state index contributed by atoms with van der Waals surface area (Å²) in [6.07, 6.45) is 3.45. The van der Waals surface area contributed by atoms with Gasteiger partial charge in [-0.05, 0) is 31.9 Å². The largest absolute Gasteiger partial charge is 0.318 e. The number of aryl methyl sites for hydroxylation is 3. The first-order valence-corrected chi connectivity index (χ1v) is 6.32. The Morgan fingerprint density at radius 2 is 2.11 bits per heavy atom. The molecule has 1 atom stereocenters. The van der Waals surface area contributed by atoms with Crippen LogP contribution < -0.4 is 5.73 Å². The molecular formula is C13H17ClN4. The lowest BCUT2D eigenvalue weighted by molar-refractivity contribution is 0.595. The van der Waals surface area contributed by atoms with Crippen molar-refractivity contribution in [2.75, 3.05) is 0 Å². The molecule has 0 aliphatic rings. The van der Waals surface area contributed by atoms with E-state index in [2.05, 4.69) is 16.1 Å². The molecule has 0 amide bonds. The summed E-state index contributed by atoms with van der Waals surface area (Å²) in [5.74, 6) is 0. The Kier molecular flexibility index (Phi) is 3.68. The SMILES string of the molecule is CCn1ncc(Cl)c1C(N)c1ncc(C)cc1C. The Hall–Kier alpha value is -1.39. The first-order chi connectivity index (χ1) is 8.54. The van der Waals surface area contributed by atoms with E-state index in [4.69, 9.17) is 17.3 Å². The van der Waals surface area contributed by atoms with Gasteiger partial charge < -0.3 is 5.73 Å². The van der Waals surface area contributed by atoms with Crippen LogP contribution >= 0.6 is 11.6 Å². The topological polar surface area (TPSA) is 56.7 Å². The van der Waals surface area contributed by atoms with Crippen LogP contribution in [0.1, 0.15) is 35.5 Å². The first-order valence-electron chi connectivity index (χ1n) is 5.94. The Balaban J connectivity index is 2.47. The van der Waals surface area contributed by atoms with Crippen molar-refractivity contribution in [3.8, 4) is 0 Å². The van der Waals surface area contributed by atoms with E-state index in [1.54, 1.807) is 6.20 Å². The van der Waals surface area contributed by atoms with Crippen molar-refractivity contribution in [2.45, 2.75) is 33.4 Å². The van der Waals surface area contributed by atoms with E-state index in [1.165, 1.54) is 0 Å². The van der Waals surface area contributed by atoms with E-state index in [0.717, 1.165) is 29.1 Å². The number of hydrogen-bond donors (Lipinski definition) is 1. The zero-order valence-electron chi connectivity index (χ0n) is 10.8. The monoisotopic (exact) mass is 264 g/mol. The molecule has 2 heterocycles. The van der Waals surface area contributed by atoms with Gasteiger partial charge in [0.15, 0.2) is 0 Å². The number of aromatic nitrogens is 3. The number of nitrogens with two attached hydrogens (primary N) is 1. The summed E-state index contributed by atoms with van der Waals surface area (Å²) in [6.45, 7) is 6.77. The summed E-state index contributed by atoms with van der Waals surface area (Å²) >= 11 is 6.16. The average Bonchev–Trinajstić information content (AvgIpc) is 2.69. The van der Waals surface area contributed by atoms with Gasteiger partial charge >= 0.3 is 0 Å². The Morgan fingerprint density at radius 1 is 1.39 bits per heavy atom. The number of rotatable bonds is 3. The Labute approximate surface area is 112 Å². The third-order valence-corrected chi connectivity index (χ3v) is 3.27. The third-order valence-electron chi connectivity index (χ3n) is 2.98. The van der Waals surface area contributed by atoms with E-state index in [0.29, 0.717) is 5.02 Å². The number of pyridine rings is 1. The van der Waals surface area contributed by atoms with E-state index in [-0.39, 0.29) is 6.04 Å². The van der Waals surface area contributed by atoms with Crippen molar-refractivity contribution in [1.82, 2.24) is 14.8 Å². The summed E-state index contributed by atoms with van der Waals surface area (Å²) in [5.41, 5.74) is 10.1. The molecule has 18 heavy (non-hydrogen) atoms. The number of hydrogen-bond acceptors (Lipinski definition) is 3. The molecule has 5 heteroatoms. The maximum Gasteiger partial charge on any atom is 0.0914 e. The molecule has 2 aromatic rings. The quantitative estimate of drug-likeness (QED) is 0.927. The zero-order valence-corrected chi connectivity index (χ0v) is 11.6. The van der Waals surface area contributed by atoms with Crippen LogP contribution in [0, 0.1) is 13.8 Å². The molecule has 4 nitrogen and oxygen atoms in total. The van der Waals surface area contributed by atoms with E-state index >= 15 is 0 Å². The first kappa shape index (κ1) is 13.1. The molecule has 0 saturated heterocycles. The highest BCUT2D eigenvalue weighted by atomic mass is 35.5. The second-order valence-electron chi connectivity index (χ2n) is 4.39. The van der Waals surface area contributed by atoms with Crippen molar-refractivity contribution in [3.05, 3.63) is 46.0 Å². The van der Waals surface area contributed by atoms with Gasteiger partial charge in [-0.15, -0.1) is 0 Å². The predicted molar refractivity (Wildman–Crippen MR) is 72.7 cm³/mol. The van der Waals surface area contributed by atoms with Crippen LogP contribution in [0.2, 0.25) is 5.02 Å². The van der Waals surface area contributed by atoms with E-state index in [9.17, 15) is 0 Å². The molecule has 2 aromatic heterocycles. The fraction of sp³-hybridized carbons (Fsp3) is 0.385.